The summed E-state index contributed by atoms with van der Waals surface area (Å²) >= 11 is 6.01. The van der Waals surface area contributed by atoms with Gasteiger partial charge in [0.1, 0.15) is 5.75 Å². The Morgan fingerprint density at radius 3 is 2.46 bits per heavy atom. The molecule has 0 radical (unpaired) electrons. The smallest absolute Gasteiger partial charge is 0.343 e. The van der Waals surface area contributed by atoms with Crippen LogP contribution in [0.1, 0.15) is 21.5 Å². The molecule has 0 saturated carbocycles. The van der Waals surface area contributed by atoms with Crippen LogP contribution in [0.25, 0.3) is 10.8 Å². The van der Waals surface area contributed by atoms with Crippen molar-refractivity contribution in [2.75, 3.05) is 5.32 Å². The molecule has 0 spiro atoms. The van der Waals surface area contributed by atoms with E-state index in [4.69, 9.17) is 16.3 Å². The highest BCUT2D eigenvalue weighted by Gasteiger charge is 2.16. The van der Waals surface area contributed by atoms with E-state index in [0.717, 1.165) is 16.3 Å². The van der Waals surface area contributed by atoms with Gasteiger partial charge in [-0.05, 0) is 48.0 Å². The zero-order chi connectivity index (χ0) is 24.8. The Balaban J connectivity index is 1.55. The largest absolute Gasteiger partial charge is 0.422 e. The number of hydrazone groups is 1. The molecule has 0 unspecified atom stereocenters. The van der Waals surface area contributed by atoms with Crippen LogP contribution in [0.4, 0.5) is 5.69 Å². The predicted octanol–water partition coefficient (Wildman–Crippen LogP) is 5.11. The number of carbonyl (C=O) groups is 3. The Labute approximate surface area is 206 Å². The van der Waals surface area contributed by atoms with E-state index in [1.807, 2.05) is 43.3 Å². The molecule has 0 bridgehead atoms. The fourth-order valence-corrected chi connectivity index (χ4v) is 3.56. The van der Waals surface area contributed by atoms with Crippen molar-refractivity contribution in [2.45, 2.75) is 6.92 Å². The van der Waals surface area contributed by atoms with Crippen LogP contribution in [-0.2, 0) is 9.59 Å². The summed E-state index contributed by atoms with van der Waals surface area (Å²) < 4.78 is 5.66. The number of aryl methyl sites for hydroxylation is 1. The number of para-hydroxylation sites is 1. The van der Waals surface area contributed by atoms with E-state index >= 15 is 0 Å². The van der Waals surface area contributed by atoms with Gasteiger partial charge in [0.25, 0.3) is 0 Å². The average molecular weight is 486 g/mol. The molecule has 0 aliphatic carbocycles. The van der Waals surface area contributed by atoms with Crippen LogP contribution in [0.15, 0.2) is 90.0 Å². The number of fused-ring (bicyclic) bond motifs is 1. The van der Waals surface area contributed by atoms with Gasteiger partial charge in [0, 0.05) is 5.56 Å². The van der Waals surface area contributed by atoms with E-state index in [9.17, 15) is 14.4 Å². The van der Waals surface area contributed by atoms with Gasteiger partial charge in [0.2, 0.25) is 0 Å². The second kappa shape index (κ2) is 10.6. The van der Waals surface area contributed by atoms with Crippen molar-refractivity contribution < 1.29 is 19.1 Å². The van der Waals surface area contributed by atoms with Crippen molar-refractivity contribution in [3.05, 3.63) is 107 Å². The van der Waals surface area contributed by atoms with Crippen molar-refractivity contribution in [1.82, 2.24) is 5.43 Å². The van der Waals surface area contributed by atoms with Crippen molar-refractivity contribution in [3.8, 4) is 5.75 Å². The number of ether oxygens (including phenoxy) is 1. The first kappa shape index (κ1) is 23.7. The summed E-state index contributed by atoms with van der Waals surface area (Å²) in [7, 11) is 0. The molecule has 0 fully saturated rings. The number of carbonyl (C=O) groups excluding carboxylic acids is 3. The van der Waals surface area contributed by atoms with Crippen molar-refractivity contribution in [1.29, 1.82) is 0 Å². The molecule has 2 N–H and O–H groups in total. The molecule has 0 heterocycles. The zero-order valence-corrected chi connectivity index (χ0v) is 19.4. The van der Waals surface area contributed by atoms with Gasteiger partial charge in [-0.1, -0.05) is 71.8 Å². The van der Waals surface area contributed by atoms with Crippen LogP contribution >= 0.6 is 11.6 Å². The summed E-state index contributed by atoms with van der Waals surface area (Å²) in [6.07, 6.45) is 1.34. The van der Waals surface area contributed by atoms with Gasteiger partial charge in [-0.25, -0.2) is 10.2 Å². The molecule has 0 atom stereocenters. The van der Waals surface area contributed by atoms with Crippen LogP contribution in [0.3, 0.4) is 0 Å². The third-order valence-corrected chi connectivity index (χ3v) is 5.40. The number of nitrogens with zero attached hydrogens (tertiary/aromatic N) is 1. The number of halogens is 1. The topological polar surface area (TPSA) is 96.9 Å². The third-order valence-electron chi connectivity index (χ3n) is 5.08. The first-order valence-corrected chi connectivity index (χ1v) is 11.0. The molecule has 4 rings (SSSR count). The lowest BCUT2D eigenvalue weighted by Crippen LogP contribution is -2.32. The van der Waals surface area contributed by atoms with Crippen LogP contribution in [0.5, 0.6) is 5.75 Å². The molecule has 2 amide bonds. The number of benzene rings is 4. The lowest BCUT2D eigenvalue weighted by Gasteiger charge is -2.11. The molecule has 8 heteroatoms. The maximum atomic E-state index is 12.7. The third kappa shape index (κ3) is 5.72. The summed E-state index contributed by atoms with van der Waals surface area (Å²) in [5.41, 5.74) is 4.30. The number of hydrogen-bond donors (Lipinski definition) is 2. The Kier molecular flexibility index (Phi) is 7.18. The SMILES string of the molecule is Cc1cccc(C(=O)Oc2ccc3ccccc3c2/C=N\NC(=O)C(=O)Nc2ccccc2Cl)c1. The first-order valence-electron chi connectivity index (χ1n) is 10.6. The standard InChI is InChI=1S/C27H20ClN3O4/c1-17-7-6-9-19(15-17)27(34)35-24-14-13-18-8-2-3-10-20(18)21(24)16-29-31-26(33)25(32)30-23-12-5-4-11-22(23)28/h2-16H,1H3,(H,30,32)(H,31,33)/b29-16-. The Morgan fingerprint density at radius 2 is 1.66 bits per heavy atom. The van der Waals surface area contributed by atoms with Crippen molar-refractivity contribution in [2.24, 2.45) is 5.10 Å². The van der Waals surface area contributed by atoms with E-state index in [1.165, 1.54) is 6.21 Å². The summed E-state index contributed by atoms with van der Waals surface area (Å²) in [4.78, 5) is 37.1. The fourth-order valence-electron chi connectivity index (χ4n) is 3.38. The number of rotatable bonds is 5. The van der Waals surface area contributed by atoms with E-state index in [2.05, 4.69) is 15.8 Å². The molecule has 0 aromatic heterocycles. The molecule has 174 valence electrons. The van der Waals surface area contributed by atoms with Gasteiger partial charge >= 0.3 is 17.8 Å². The number of anilines is 1. The van der Waals surface area contributed by atoms with Gasteiger partial charge in [-0.15, -0.1) is 0 Å². The number of amides is 2. The molecule has 7 nitrogen and oxygen atoms in total. The Morgan fingerprint density at radius 1 is 0.886 bits per heavy atom. The quantitative estimate of drug-likeness (QED) is 0.135. The van der Waals surface area contributed by atoms with Crippen LogP contribution in [-0.4, -0.2) is 24.0 Å². The van der Waals surface area contributed by atoms with Crippen molar-refractivity contribution >= 4 is 52.1 Å². The predicted molar refractivity (Wildman–Crippen MR) is 136 cm³/mol. The second-order valence-electron chi connectivity index (χ2n) is 7.59. The minimum Gasteiger partial charge on any atom is -0.422 e. The van der Waals surface area contributed by atoms with E-state index in [1.54, 1.807) is 48.5 Å². The molecular formula is C27H20ClN3O4. The number of hydrogen-bond acceptors (Lipinski definition) is 5. The molecule has 0 saturated heterocycles. The summed E-state index contributed by atoms with van der Waals surface area (Å²) in [5.74, 6) is -2.19. The van der Waals surface area contributed by atoms with Gasteiger partial charge in [-0.2, -0.15) is 5.10 Å². The lowest BCUT2D eigenvalue weighted by atomic mass is 10.0. The second-order valence-corrected chi connectivity index (χ2v) is 8.00. The first-order chi connectivity index (χ1) is 16.9. The maximum Gasteiger partial charge on any atom is 0.343 e. The minimum atomic E-state index is -0.986. The monoisotopic (exact) mass is 485 g/mol. The molecule has 0 aliphatic heterocycles. The number of esters is 1. The van der Waals surface area contributed by atoms with Crippen LogP contribution in [0, 0.1) is 6.92 Å². The number of nitrogens with one attached hydrogen (secondary N) is 2. The summed E-state index contributed by atoms with van der Waals surface area (Å²) in [6, 6.07) is 24.5. The zero-order valence-electron chi connectivity index (χ0n) is 18.6. The van der Waals surface area contributed by atoms with E-state index in [-0.39, 0.29) is 5.75 Å². The Bertz CT molecular complexity index is 1470. The molecule has 0 aliphatic rings. The molecule has 4 aromatic carbocycles. The Hall–Kier alpha value is -4.49. The molecule has 4 aromatic rings. The molecular weight excluding hydrogens is 466 g/mol. The lowest BCUT2D eigenvalue weighted by molar-refractivity contribution is -0.136. The van der Waals surface area contributed by atoms with Gasteiger partial charge < -0.3 is 10.1 Å². The highest BCUT2D eigenvalue weighted by Crippen LogP contribution is 2.27. The maximum absolute atomic E-state index is 12.7. The van der Waals surface area contributed by atoms with Gasteiger partial charge in [0.05, 0.1) is 22.5 Å². The van der Waals surface area contributed by atoms with Crippen LogP contribution in [0.2, 0.25) is 5.02 Å². The molecule has 35 heavy (non-hydrogen) atoms. The summed E-state index contributed by atoms with van der Waals surface area (Å²) in [6.45, 7) is 1.88. The van der Waals surface area contributed by atoms with E-state index in [0.29, 0.717) is 21.8 Å². The normalized spacial score (nSPS) is 10.8. The fraction of sp³-hybridized carbons (Fsp3) is 0.0370. The van der Waals surface area contributed by atoms with Crippen molar-refractivity contribution in [3.63, 3.8) is 0 Å². The highest BCUT2D eigenvalue weighted by atomic mass is 35.5. The minimum absolute atomic E-state index is 0.258. The summed E-state index contributed by atoms with van der Waals surface area (Å²) in [5, 5.41) is 8.28. The van der Waals surface area contributed by atoms with Crippen LogP contribution < -0.4 is 15.5 Å². The highest BCUT2D eigenvalue weighted by molar-refractivity contribution is 6.41. The van der Waals surface area contributed by atoms with Gasteiger partial charge in [0.15, 0.2) is 0 Å². The average Bonchev–Trinajstić information content (AvgIpc) is 2.86. The van der Waals surface area contributed by atoms with Gasteiger partial charge in [-0.3, -0.25) is 9.59 Å². The van der Waals surface area contributed by atoms with E-state index < -0.39 is 17.8 Å².